The molecule has 0 radical (unpaired) electrons. The number of carbonyl (C=O) groups excluding carboxylic acids is 1. The lowest BCUT2D eigenvalue weighted by atomic mass is 10.0. The molecule has 2 heterocycles. The third kappa shape index (κ3) is 3.46. The fourth-order valence-corrected chi connectivity index (χ4v) is 4.91. The molecule has 0 unspecified atom stereocenters. The van der Waals surface area contributed by atoms with E-state index in [0.717, 1.165) is 21.6 Å². The van der Waals surface area contributed by atoms with E-state index in [-0.39, 0.29) is 32.3 Å². The highest BCUT2D eigenvalue weighted by Gasteiger charge is 2.25. The predicted molar refractivity (Wildman–Crippen MR) is 114 cm³/mol. The van der Waals surface area contributed by atoms with Gasteiger partial charge in [-0.05, 0) is 37.1 Å². The zero-order valence-electron chi connectivity index (χ0n) is 15.7. The lowest BCUT2D eigenvalue weighted by Gasteiger charge is -2.07. The van der Waals surface area contributed by atoms with Crippen LogP contribution in [0.15, 0.2) is 35.7 Å². The number of rotatable bonds is 4. The summed E-state index contributed by atoms with van der Waals surface area (Å²) in [5.74, 6) is -4.10. The fraction of sp³-hybridized carbons (Fsp3) is 0.0952. The van der Waals surface area contributed by atoms with Gasteiger partial charge >= 0.3 is 5.97 Å². The average Bonchev–Trinajstić information content (AvgIpc) is 3.30. The Morgan fingerprint density at radius 2 is 1.83 bits per heavy atom. The molecular formula is C21H14F2N2O3S2. The van der Waals surface area contributed by atoms with Crippen LogP contribution < -0.4 is 5.32 Å². The van der Waals surface area contributed by atoms with Gasteiger partial charge in [-0.2, -0.15) is 0 Å². The number of aromatic nitrogens is 1. The molecule has 0 bridgehead atoms. The van der Waals surface area contributed by atoms with Crippen molar-refractivity contribution in [2.45, 2.75) is 13.8 Å². The highest BCUT2D eigenvalue weighted by Crippen LogP contribution is 2.38. The molecule has 0 spiro atoms. The number of amides is 1. The Bertz CT molecular complexity index is 1330. The van der Waals surface area contributed by atoms with Crippen molar-refractivity contribution >= 4 is 49.8 Å². The monoisotopic (exact) mass is 444 g/mol. The van der Waals surface area contributed by atoms with Gasteiger partial charge in [0, 0.05) is 16.5 Å². The highest BCUT2D eigenvalue weighted by atomic mass is 32.1. The number of aromatic carboxylic acids is 1. The van der Waals surface area contributed by atoms with Crippen molar-refractivity contribution in [2.24, 2.45) is 0 Å². The van der Waals surface area contributed by atoms with E-state index in [1.54, 1.807) is 6.07 Å². The number of carboxylic acids is 1. The number of benzene rings is 2. The Hall–Kier alpha value is -3.17. The number of aryl methyl sites for hydroxylation is 2. The van der Waals surface area contributed by atoms with Crippen LogP contribution in [0.4, 0.5) is 13.8 Å². The first-order valence-corrected chi connectivity index (χ1v) is 10.4. The maximum atomic E-state index is 14.4. The van der Waals surface area contributed by atoms with Crippen molar-refractivity contribution in [3.8, 4) is 11.1 Å². The number of thiazole rings is 1. The standard InChI is InChI=1S/C21H14F2N2O3S2/c1-9-3-6-13-14(7-9)30-20(24-13)18(26)25-19-15(21(27)28)12(8-29-19)11-5-4-10(2)16(22)17(11)23/h3-8H,1-2H3,(H,25,26)(H,27,28). The summed E-state index contributed by atoms with van der Waals surface area (Å²) in [5.41, 5.74) is 1.33. The van der Waals surface area contributed by atoms with E-state index in [2.05, 4.69) is 10.3 Å². The van der Waals surface area contributed by atoms with Gasteiger partial charge in [-0.25, -0.2) is 18.6 Å². The minimum Gasteiger partial charge on any atom is -0.478 e. The summed E-state index contributed by atoms with van der Waals surface area (Å²) in [6, 6.07) is 8.29. The molecular weight excluding hydrogens is 430 g/mol. The molecule has 2 aromatic carbocycles. The molecule has 5 nitrogen and oxygen atoms in total. The normalized spacial score (nSPS) is 11.1. The van der Waals surface area contributed by atoms with E-state index in [4.69, 9.17) is 0 Å². The van der Waals surface area contributed by atoms with Crippen LogP contribution >= 0.6 is 22.7 Å². The number of thiophene rings is 1. The van der Waals surface area contributed by atoms with Crippen LogP contribution in [0.25, 0.3) is 21.3 Å². The van der Waals surface area contributed by atoms with E-state index < -0.39 is 23.5 Å². The van der Waals surface area contributed by atoms with Gasteiger partial charge in [0.1, 0.15) is 10.6 Å². The van der Waals surface area contributed by atoms with Crippen molar-refractivity contribution in [2.75, 3.05) is 5.32 Å². The number of anilines is 1. The van der Waals surface area contributed by atoms with E-state index in [1.165, 1.54) is 35.8 Å². The molecule has 4 rings (SSSR count). The lowest BCUT2D eigenvalue weighted by molar-refractivity contribution is 0.0699. The zero-order valence-corrected chi connectivity index (χ0v) is 17.4. The van der Waals surface area contributed by atoms with Gasteiger partial charge in [0.2, 0.25) is 0 Å². The third-order valence-electron chi connectivity index (χ3n) is 4.54. The van der Waals surface area contributed by atoms with Crippen LogP contribution in [-0.2, 0) is 0 Å². The fourth-order valence-electron chi connectivity index (χ4n) is 3.00. The number of carbonyl (C=O) groups is 2. The Morgan fingerprint density at radius 1 is 1.07 bits per heavy atom. The second-order valence-corrected chi connectivity index (χ2v) is 8.57. The largest absolute Gasteiger partial charge is 0.478 e. The first-order chi connectivity index (χ1) is 14.3. The third-order valence-corrected chi connectivity index (χ3v) is 6.45. The summed E-state index contributed by atoms with van der Waals surface area (Å²) in [6.45, 7) is 3.34. The first-order valence-electron chi connectivity index (χ1n) is 8.74. The van der Waals surface area contributed by atoms with Crippen LogP contribution in [-0.4, -0.2) is 22.0 Å². The number of fused-ring (bicyclic) bond motifs is 1. The number of nitrogens with one attached hydrogen (secondary N) is 1. The second kappa shape index (κ2) is 7.58. The summed E-state index contributed by atoms with van der Waals surface area (Å²) < 4.78 is 29.2. The smallest absolute Gasteiger partial charge is 0.339 e. The maximum Gasteiger partial charge on any atom is 0.339 e. The molecule has 0 saturated carbocycles. The predicted octanol–water partition coefficient (Wildman–Crippen LogP) is 5.87. The van der Waals surface area contributed by atoms with Gasteiger partial charge < -0.3 is 10.4 Å². The van der Waals surface area contributed by atoms with E-state index in [0.29, 0.717) is 5.52 Å². The summed E-state index contributed by atoms with van der Waals surface area (Å²) in [4.78, 5) is 28.8. The Balaban J connectivity index is 1.72. The van der Waals surface area contributed by atoms with Gasteiger partial charge in [0.25, 0.3) is 5.91 Å². The van der Waals surface area contributed by atoms with Gasteiger partial charge in [0.15, 0.2) is 16.6 Å². The summed E-state index contributed by atoms with van der Waals surface area (Å²) in [5, 5.41) is 13.8. The molecule has 0 saturated heterocycles. The molecule has 1 amide bonds. The van der Waals surface area contributed by atoms with Gasteiger partial charge in [0.05, 0.1) is 10.2 Å². The Morgan fingerprint density at radius 3 is 2.57 bits per heavy atom. The zero-order chi connectivity index (χ0) is 21.6. The molecule has 9 heteroatoms. The minimum absolute atomic E-state index is 0.000810. The molecule has 0 aliphatic rings. The minimum atomic E-state index is -1.36. The first kappa shape index (κ1) is 20.1. The molecule has 152 valence electrons. The van der Waals surface area contributed by atoms with Gasteiger partial charge in [-0.3, -0.25) is 4.79 Å². The molecule has 0 aliphatic carbocycles. The van der Waals surface area contributed by atoms with E-state index in [1.807, 2.05) is 19.1 Å². The molecule has 0 atom stereocenters. The van der Waals surface area contributed by atoms with Crippen molar-refractivity contribution in [1.82, 2.24) is 4.98 Å². The van der Waals surface area contributed by atoms with Crippen molar-refractivity contribution in [1.29, 1.82) is 0 Å². The quantitative estimate of drug-likeness (QED) is 0.413. The number of carboxylic acid groups (broad SMARTS) is 1. The average molecular weight is 444 g/mol. The molecule has 4 aromatic rings. The SMILES string of the molecule is Cc1ccc2nc(C(=O)Nc3scc(-c4ccc(C)c(F)c4F)c3C(=O)O)sc2c1. The van der Waals surface area contributed by atoms with Crippen LogP contribution in [0.2, 0.25) is 0 Å². The summed E-state index contributed by atoms with van der Waals surface area (Å²) in [7, 11) is 0. The van der Waals surface area contributed by atoms with Crippen molar-refractivity contribution < 1.29 is 23.5 Å². The molecule has 0 aliphatic heterocycles. The van der Waals surface area contributed by atoms with Crippen LogP contribution in [0.5, 0.6) is 0 Å². The maximum absolute atomic E-state index is 14.4. The van der Waals surface area contributed by atoms with E-state index >= 15 is 0 Å². The molecule has 30 heavy (non-hydrogen) atoms. The second-order valence-electron chi connectivity index (χ2n) is 6.66. The van der Waals surface area contributed by atoms with Crippen molar-refractivity contribution in [3.63, 3.8) is 0 Å². The molecule has 0 fully saturated rings. The van der Waals surface area contributed by atoms with Crippen LogP contribution in [0, 0.1) is 25.5 Å². The van der Waals surface area contributed by atoms with Crippen molar-refractivity contribution in [3.05, 3.63) is 69.0 Å². The molecule has 2 N–H and O–H groups in total. The lowest BCUT2D eigenvalue weighted by Crippen LogP contribution is -2.13. The number of hydrogen-bond acceptors (Lipinski definition) is 5. The summed E-state index contributed by atoms with van der Waals surface area (Å²) >= 11 is 2.11. The Kier molecular flexibility index (Phi) is 5.08. The highest BCUT2D eigenvalue weighted by molar-refractivity contribution is 7.20. The van der Waals surface area contributed by atoms with Crippen LogP contribution in [0.1, 0.15) is 31.3 Å². The van der Waals surface area contributed by atoms with Crippen LogP contribution in [0.3, 0.4) is 0 Å². The summed E-state index contributed by atoms with van der Waals surface area (Å²) in [6.07, 6.45) is 0. The Labute approximate surface area is 177 Å². The van der Waals surface area contributed by atoms with Gasteiger partial charge in [-0.15, -0.1) is 22.7 Å². The molecule has 2 aromatic heterocycles. The van der Waals surface area contributed by atoms with Gasteiger partial charge in [-0.1, -0.05) is 18.2 Å². The topological polar surface area (TPSA) is 79.3 Å². The van der Waals surface area contributed by atoms with E-state index in [9.17, 15) is 23.5 Å². The number of nitrogens with zero attached hydrogens (tertiary/aromatic N) is 1. The number of halogens is 2. The number of hydrogen-bond donors (Lipinski definition) is 2.